The predicted octanol–water partition coefficient (Wildman–Crippen LogP) is 3.40. The second-order valence-corrected chi connectivity index (χ2v) is 5.45. The lowest BCUT2D eigenvalue weighted by Gasteiger charge is -2.12. The van der Waals surface area contributed by atoms with Crippen molar-refractivity contribution in [3.05, 3.63) is 53.4 Å². The van der Waals surface area contributed by atoms with E-state index in [1.165, 1.54) is 12.1 Å². The summed E-state index contributed by atoms with van der Waals surface area (Å²) in [6, 6.07) is 4.83. The van der Waals surface area contributed by atoms with Crippen LogP contribution in [0.2, 0.25) is 0 Å². The Morgan fingerprint density at radius 2 is 2.23 bits per heavy atom. The maximum Gasteiger partial charge on any atom is 0.306 e. The molecule has 6 nitrogen and oxygen atoms in total. The van der Waals surface area contributed by atoms with Gasteiger partial charge in [-0.25, -0.2) is 9.37 Å². The quantitative estimate of drug-likeness (QED) is 0.728. The van der Waals surface area contributed by atoms with Gasteiger partial charge in [0.25, 0.3) is 0 Å². The number of aromatic nitrogens is 2. The third-order valence-electron chi connectivity index (χ3n) is 3.48. The molecule has 2 aromatic heterocycles. The van der Waals surface area contributed by atoms with Crippen LogP contribution in [0.15, 0.2) is 30.6 Å². The van der Waals surface area contributed by atoms with Gasteiger partial charge in [0.2, 0.25) is 5.88 Å². The zero-order valence-corrected chi connectivity index (χ0v) is 15.1. The number of carbonyl (C=O) groups is 1. The van der Waals surface area contributed by atoms with Crippen molar-refractivity contribution in [3.63, 3.8) is 0 Å². The third kappa shape index (κ3) is 5.27. The molecular weight excluding hydrogens is 337 g/mol. The molecule has 26 heavy (non-hydrogen) atoms. The van der Waals surface area contributed by atoms with Gasteiger partial charge < -0.3 is 14.8 Å². The molecule has 0 saturated heterocycles. The summed E-state index contributed by atoms with van der Waals surface area (Å²) in [5.41, 5.74) is 1.33. The second kappa shape index (κ2) is 9.50. The Kier molecular flexibility index (Phi) is 7.08. The van der Waals surface area contributed by atoms with Gasteiger partial charge >= 0.3 is 5.97 Å². The van der Waals surface area contributed by atoms with E-state index in [1.807, 2.05) is 0 Å². The van der Waals surface area contributed by atoms with E-state index in [-0.39, 0.29) is 24.0 Å². The molecule has 0 bridgehead atoms. The van der Waals surface area contributed by atoms with Gasteiger partial charge in [-0.05, 0) is 44.3 Å². The number of ether oxygens (including phenoxy) is 2. The highest BCUT2D eigenvalue weighted by Crippen LogP contribution is 2.27. The van der Waals surface area contributed by atoms with Gasteiger partial charge in [0, 0.05) is 25.2 Å². The molecule has 138 valence electrons. The number of aryl methyl sites for hydroxylation is 2. The van der Waals surface area contributed by atoms with Crippen LogP contribution in [0.4, 0.5) is 4.39 Å². The van der Waals surface area contributed by atoms with Crippen molar-refractivity contribution < 1.29 is 18.7 Å². The molecule has 0 atom stereocenters. The predicted molar refractivity (Wildman–Crippen MR) is 96.3 cm³/mol. The Labute approximate surface area is 152 Å². The van der Waals surface area contributed by atoms with Crippen LogP contribution in [-0.2, 0) is 16.0 Å². The summed E-state index contributed by atoms with van der Waals surface area (Å²) in [7, 11) is 1.71. The standard InChI is InChI=1S/C19H22FN3O3/c1-4-25-18(24)8-7-16-17(6-5-10-22-16)26-19-13(2)12-14(20)15(23-19)9-11-21-3/h5-6,9-12,21H,4,7-8H2,1-3H3/b11-9-. The largest absolute Gasteiger partial charge is 0.466 e. The molecule has 0 fully saturated rings. The highest BCUT2D eigenvalue weighted by atomic mass is 19.1. The van der Waals surface area contributed by atoms with E-state index in [0.29, 0.717) is 30.0 Å². The van der Waals surface area contributed by atoms with Crippen LogP contribution in [0, 0.1) is 12.7 Å². The van der Waals surface area contributed by atoms with Crippen LogP contribution in [0.5, 0.6) is 11.6 Å². The molecule has 0 radical (unpaired) electrons. The van der Waals surface area contributed by atoms with E-state index < -0.39 is 5.82 Å². The lowest BCUT2D eigenvalue weighted by atomic mass is 10.2. The summed E-state index contributed by atoms with van der Waals surface area (Å²) in [4.78, 5) is 20.1. The van der Waals surface area contributed by atoms with Crippen LogP contribution < -0.4 is 10.1 Å². The van der Waals surface area contributed by atoms with Gasteiger partial charge in [-0.3, -0.25) is 9.78 Å². The highest BCUT2D eigenvalue weighted by Gasteiger charge is 2.13. The van der Waals surface area contributed by atoms with Gasteiger partial charge in [0.05, 0.1) is 18.7 Å². The van der Waals surface area contributed by atoms with E-state index in [0.717, 1.165) is 0 Å². The number of esters is 1. The van der Waals surface area contributed by atoms with Crippen molar-refractivity contribution >= 4 is 12.0 Å². The Morgan fingerprint density at radius 3 is 2.96 bits per heavy atom. The number of rotatable bonds is 8. The number of carbonyl (C=O) groups excluding carboxylic acids is 1. The number of nitrogens with zero attached hydrogens (tertiary/aromatic N) is 2. The van der Waals surface area contributed by atoms with Gasteiger partial charge in [-0.15, -0.1) is 0 Å². The molecular formula is C19H22FN3O3. The zero-order valence-electron chi connectivity index (χ0n) is 15.1. The number of pyridine rings is 2. The first-order valence-electron chi connectivity index (χ1n) is 8.33. The first-order valence-corrected chi connectivity index (χ1v) is 8.33. The molecule has 0 aliphatic heterocycles. The minimum absolute atomic E-state index is 0.164. The van der Waals surface area contributed by atoms with Crippen molar-refractivity contribution in [3.8, 4) is 11.6 Å². The molecule has 0 aliphatic rings. The average Bonchev–Trinajstić information content (AvgIpc) is 2.62. The van der Waals surface area contributed by atoms with Crippen LogP contribution >= 0.6 is 0 Å². The second-order valence-electron chi connectivity index (χ2n) is 5.45. The van der Waals surface area contributed by atoms with Crippen LogP contribution in [-0.4, -0.2) is 29.6 Å². The first-order chi connectivity index (χ1) is 12.5. The Morgan fingerprint density at radius 1 is 1.42 bits per heavy atom. The monoisotopic (exact) mass is 359 g/mol. The number of hydrogen-bond acceptors (Lipinski definition) is 6. The molecule has 2 heterocycles. The molecule has 7 heteroatoms. The van der Waals surface area contributed by atoms with Gasteiger partial charge in [-0.2, -0.15) is 0 Å². The van der Waals surface area contributed by atoms with E-state index in [4.69, 9.17) is 9.47 Å². The fourth-order valence-corrected chi connectivity index (χ4v) is 2.22. The zero-order chi connectivity index (χ0) is 18.9. The number of hydrogen-bond donors (Lipinski definition) is 1. The molecule has 0 aliphatic carbocycles. The summed E-state index contributed by atoms with van der Waals surface area (Å²) in [5.74, 6) is 0.0323. The fraction of sp³-hybridized carbons (Fsp3) is 0.316. The first kappa shape index (κ1) is 19.4. The molecule has 1 N–H and O–H groups in total. The van der Waals surface area contributed by atoms with Crippen molar-refractivity contribution in [2.24, 2.45) is 0 Å². The average molecular weight is 359 g/mol. The van der Waals surface area contributed by atoms with Crippen LogP contribution in [0.25, 0.3) is 6.08 Å². The molecule has 0 aromatic carbocycles. The summed E-state index contributed by atoms with van der Waals surface area (Å²) in [6.45, 7) is 3.81. The Bertz CT molecular complexity index is 794. The molecule has 2 aromatic rings. The van der Waals surface area contributed by atoms with Crippen molar-refractivity contribution in [2.75, 3.05) is 13.7 Å². The van der Waals surface area contributed by atoms with E-state index >= 15 is 0 Å². The Balaban J connectivity index is 2.23. The van der Waals surface area contributed by atoms with E-state index in [1.54, 1.807) is 45.4 Å². The topological polar surface area (TPSA) is 73.3 Å². The molecule has 0 spiro atoms. The van der Waals surface area contributed by atoms with Crippen molar-refractivity contribution in [1.82, 2.24) is 15.3 Å². The smallest absolute Gasteiger partial charge is 0.306 e. The maximum absolute atomic E-state index is 14.0. The fourth-order valence-electron chi connectivity index (χ4n) is 2.22. The molecule has 2 rings (SSSR count). The lowest BCUT2D eigenvalue weighted by Crippen LogP contribution is -2.07. The van der Waals surface area contributed by atoms with Crippen LogP contribution in [0.1, 0.15) is 30.3 Å². The number of nitrogens with one attached hydrogen (secondary N) is 1. The Hall–Kier alpha value is -2.96. The molecule has 0 saturated carbocycles. The van der Waals surface area contributed by atoms with E-state index in [2.05, 4.69) is 15.3 Å². The lowest BCUT2D eigenvalue weighted by molar-refractivity contribution is -0.143. The summed E-state index contributed by atoms with van der Waals surface area (Å²) < 4.78 is 24.8. The summed E-state index contributed by atoms with van der Waals surface area (Å²) in [6.07, 6.45) is 5.31. The highest BCUT2D eigenvalue weighted by molar-refractivity contribution is 5.69. The summed E-state index contributed by atoms with van der Waals surface area (Å²) >= 11 is 0. The minimum atomic E-state index is -0.435. The summed E-state index contributed by atoms with van der Waals surface area (Å²) in [5, 5.41) is 2.79. The normalized spacial score (nSPS) is 10.8. The minimum Gasteiger partial charge on any atom is -0.466 e. The SMILES string of the molecule is CCOC(=O)CCc1ncccc1Oc1nc(/C=C\NC)c(F)cc1C. The molecule has 0 unspecified atom stereocenters. The third-order valence-corrected chi connectivity index (χ3v) is 3.48. The maximum atomic E-state index is 14.0. The van der Waals surface area contributed by atoms with Gasteiger partial charge in [-0.1, -0.05) is 0 Å². The van der Waals surface area contributed by atoms with Crippen molar-refractivity contribution in [2.45, 2.75) is 26.7 Å². The number of halogens is 1. The van der Waals surface area contributed by atoms with E-state index in [9.17, 15) is 9.18 Å². The van der Waals surface area contributed by atoms with Gasteiger partial charge in [0.15, 0.2) is 5.75 Å². The van der Waals surface area contributed by atoms with Crippen LogP contribution in [0.3, 0.4) is 0 Å². The molecule has 0 amide bonds. The van der Waals surface area contributed by atoms with Crippen molar-refractivity contribution in [1.29, 1.82) is 0 Å². The van der Waals surface area contributed by atoms with Gasteiger partial charge in [0.1, 0.15) is 11.5 Å².